The third kappa shape index (κ3) is 1.76. The van der Waals surface area contributed by atoms with Crippen molar-refractivity contribution in [1.29, 1.82) is 0 Å². The zero-order valence-corrected chi connectivity index (χ0v) is 7.58. The van der Waals surface area contributed by atoms with Gasteiger partial charge in [0, 0.05) is 25.2 Å². The van der Waals surface area contributed by atoms with Gasteiger partial charge in [-0.25, -0.2) is 0 Å². The summed E-state index contributed by atoms with van der Waals surface area (Å²) in [6, 6.07) is 0.377. The first-order chi connectivity index (χ1) is 5.66. The molecule has 1 saturated heterocycles. The van der Waals surface area contributed by atoms with E-state index in [9.17, 15) is 4.79 Å². The fourth-order valence-corrected chi connectivity index (χ4v) is 1.71. The molecule has 0 saturated carbocycles. The molecule has 1 rings (SSSR count). The predicted octanol–water partition coefficient (Wildman–Crippen LogP) is -0.812. The molecule has 70 valence electrons. The first-order valence-corrected chi connectivity index (χ1v) is 4.29. The van der Waals surface area contributed by atoms with Crippen LogP contribution < -0.4 is 5.32 Å². The number of aliphatic hydroxyl groups is 1. The summed E-state index contributed by atoms with van der Waals surface area (Å²) in [4.78, 5) is 13.0. The number of aliphatic hydroxyl groups excluding tert-OH is 1. The number of hydrogen-bond donors (Lipinski definition) is 2. The Morgan fingerprint density at radius 1 is 1.50 bits per heavy atom. The Balaban J connectivity index is 2.62. The molecule has 0 aromatic carbocycles. The fraction of sp³-hybridized carbons (Fsp3) is 0.875. The summed E-state index contributed by atoms with van der Waals surface area (Å²) >= 11 is 0. The molecule has 0 aromatic heterocycles. The van der Waals surface area contributed by atoms with Gasteiger partial charge in [-0.15, -0.1) is 0 Å². The molecular weight excluding hydrogens is 156 g/mol. The number of amides is 1. The van der Waals surface area contributed by atoms with Crippen LogP contribution in [0.4, 0.5) is 0 Å². The summed E-state index contributed by atoms with van der Waals surface area (Å²) in [6.07, 6.45) is 0. The van der Waals surface area contributed by atoms with Gasteiger partial charge < -0.3 is 15.3 Å². The minimum atomic E-state index is -0.380. The summed E-state index contributed by atoms with van der Waals surface area (Å²) in [6.45, 7) is 5.22. The summed E-state index contributed by atoms with van der Waals surface area (Å²) in [5.74, 6) is -0.170. The maximum Gasteiger partial charge on any atom is 0.248 e. The molecule has 1 fully saturated rings. The van der Waals surface area contributed by atoms with Crippen molar-refractivity contribution in [3.63, 3.8) is 0 Å². The fourth-order valence-electron chi connectivity index (χ4n) is 1.71. The lowest BCUT2D eigenvalue weighted by molar-refractivity contribution is -0.139. The van der Waals surface area contributed by atoms with Gasteiger partial charge >= 0.3 is 0 Å². The first kappa shape index (κ1) is 9.48. The summed E-state index contributed by atoms with van der Waals surface area (Å²) < 4.78 is 0. The quantitative estimate of drug-likeness (QED) is 0.544. The summed E-state index contributed by atoms with van der Waals surface area (Å²) in [5.41, 5.74) is 0. The standard InChI is InChI=1S/C8H16N2O2/c1-6-3-9-4-7(2)10(6)8(12)5-11/h6-7,9,11H,3-5H2,1-2H3. The number of nitrogens with zero attached hydrogens (tertiary/aromatic N) is 1. The largest absolute Gasteiger partial charge is 0.387 e. The Hall–Kier alpha value is -0.610. The molecule has 0 radical (unpaired) electrons. The molecule has 0 aliphatic carbocycles. The topological polar surface area (TPSA) is 52.6 Å². The Morgan fingerprint density at radius 2 is 2.00 bits per heavy atom. The lowest BCUT2D eigenvalue weighted by Gasteiger charge is -2.39. The number of rotatable bonds is 1. The Bertz CT molecular complexity index is 162. The molecule has 0 bridgehead atoms. The average molecular weight is 172 g/mol. The molecule has 0 spiro atoms. The van der Waals surface area contributed by atoms with E-state index in [0.29, 0.717) is 0 Å². The van der Waals surface area contributed by atoms with Crippen molar-refractivity contribution in [3.05, 3.63) is 0 Å². The first-order valence-electron chi connectivity index (χ1n) is 4.29. The predicted molar refractivity (Wildman–Crippen MR) is 45.7 cm³/mol. The molecule has 1 aliphatic heterocycles. The van der Waals surface area contributed by atoms with Crippen LogP contribution in [0.2, 0.25) is 0 Å². The lowest BCUT2D eigenvalue weighted by atomic mass is 10.1. The summed E-state index contributed by atoms with van der Waals surface area (Å²) in [5, 5.41) is 11.9. The minimum absolute atomic E-state index is 0.170. The second kappa shape index (κ2) is 3.87. The van der Waals surface area contributed by atoms with Crippen LogP contribution in [-0.4, -0.2) is 47.7 Å². The minimum Gasteiger partial charge on any atom is -0.387 e. The Morgan fingerprint density at radius 3 is 2.42 bits per heavy atom. The van der Waals surface area contributed by atoms with E-state index in [1.807, 2.05) is 13.8 Å². The molecule has 4 heteroatoms. The van der Waals surface area contributed by atoms with Crippen LogP contribution in [0.25, 0.3) is 0 Å². The van der Waals surface area contributed by atoms with Crippen LogP contribution >= 0.6 is 0 Å². The smallest absolute Gasteiger partial charge is 0.248 e. The molecule has 4 nitrogen and oxygen atoms in total. The van der Waals surface area contributed by atoms with Crippen molar-refractivity contribution in [2.24, 2.45) is 0 Å². The molecule has 1 aliphatic rings. The van der Waals surface area contributed by atoms with E-state index in [2.05, 4.69) is 5.32 Å². The van der Waals surface area contributed by atoms with Crippen molar-refractivity contribution in [2.45, 2.75) is 25.9 Å². The van der Waals surface area contributed by atoms with Gasteiger partial charge in [-0.1, -0.05) is 0 Å². The van der Waals surface area contributed by atoms with Crippen molar-refractivity contribution in [3.8, 4) is 0 Å². The number of piperazine rings is 1. The summed E-state index contributed by atoms with van der Waals surface area (Å²) in [7, 11) is 0. The SMILES string of the molecule is CC1CNCC(C)N1C(=O)CO. The molecule has 1 heterocycles. The maximum atomic E-state index is 11.2. The maximum absolute atomic E-state index is 11.2. The number of carbonyl (C=O) groups is 1. The molecule has 12 heavy (non-hydrogen) atoms. The highest BCUT2D eigenvalue weighted by Gasteiger charge is 2.27. The van der Waals surface area contributed by atoms with Gasteiger partial charge in [-0.05, 0) is 13.8 Å². The molecule has 2 atom stereocenters. The van der Waals surface area contributed by atoms with Gasteiger partial charge in [0.05, 0.1) is 0 Å². The number of nitrogens with one attached hydrogen (secondary N) is 1. The lowest BCUT2D eigenvalue weighted by Crippen LogP contribution is -2.57. The second-order valence-corrected chi connectivity index (χ2v) is 3.32. The highest BCUT2D eigenvalue weighted by Crippen LogP contribution is 2.09. The van der Waals surface area contributed by atoms with E-state index in [1.54, 1.807) is 4.90 Å². The molecule has 1 amide bonds. The zero-order valence-electron chi connectivity index (χ0n) is 7.58. The van der Waals surface area contributed by atoms with E-state index < -0.39 is 0 Å². The van der Waals surface area contributed by atoms with E-state index in [4.69, 9.17) is 5.11 Å². The zero-order chi connectivity index (χ0) is 9.14. The molecular formula is C8H16N2O2. The van der Waals surface area contributed by atoms with Crippen molar-refractivity contribution in [1.82, 2.24) is 10.2 Å². The van der Waals surface area contributed by atoms with Crippen molar-refractivity contribution < 1.29 is 9.90 Å². The number of hydrogen-bond acceptors (Lipinski definition) is 3. The Labute approximate surface area is 72.6 Å². The van der Waals surface area contributed by atoms with Gasteiger partial charge in [0.2, 0.25) is 5.91 Å². The molecule has 2 N–H and O–H groups in total. The van der Waals surface area contributed by atoms with E-state index in [1.165, 1.54) is 0 Å². The van der Waals surface area contributed by atoms with Crippen LogP contribution in [-0.2, 0) is 4.79 Å². The van der Waals surface area contributed by atoms with Gasteiger partial charge in [0.25, 0.3) is 0 Å². The van der Waals surface area contributed by atoms with E-state index in [-0.39, 0.29) is 24.6 Å². The van der Waals surface area contributed by atoms with Crippen LogP contribution in [0.5, 0.6) is 0 Å². The van der Waals surface area contributed by atoms with E-state index in [0.717, 1.165) is 13.1 Å². The van der Waals surface area contributed by atoms with Crippen LogP contribution in [0.3, 0.4) is 0 Å². The molecule has 2 unspecified atom stereocenters. The highest BCUT2D eigenvalue weighted by atomic mass is 16.3. The third-order valence-electron chi connectivity index (χ3n) is 2.25. The normalized spacial score (nSPS) is 30.4. The average Bonchev–Trinajstić information content (AvgIpc) is 2.03. The van der Waals surface area contributed by atoms with Gasteiger partial charge in [0.15, 0.2) is 0 Å². The van der Waals surface area contributed by atoms with Gasteiger partial charge in [0.1, 0.15) is 6.61 Å². The number of carbonyl (C=O) groups excluding carboxylic acids is 1. The highest BCUT2D eigenvalue weighted by molar-refractivity contribution is 5.78. The van der Waals surface area contributed by atoms with Gasteiger partial charge in [-0.3, -0.25) is 4.79 Å². The Kier molecular flexibility index (Phi) is 3.05. The van der Waals surface area contributed by atoms with Crippen LogP contribution in [0.15, 0.2) is 0 Å². The van der Waals surface area contributed by atoms with Crippen LogP contribution in [0, 0.1) is 0 Å². The monoisotopic (exact) mass is 172 g/mol. The second-order valence-electron chi connectivity index (χ2n) is 3.32. The van der Waals surface area contributed by atoms with Crippen molar-refractivity contribution >= 4 is 5.91 Å². The van der Waals surface area contributed by atoms with Crippen molar-refractivity contribution in [2.75, 3.05) is 19.7 Å². The third-order valence-corrected chi connectivity index (χ3v) is 2.25. The molecule has 0 aromatic rings. The van der Waals surface area contributed by atoms with E-state index >= 15 is 0 Å². The van der Waals surface area contributed by atoms with Crippen LogP contribution in [0.1, 0.15) is 13.8 Å². The van der Waals surface area contributed by atoms with Gasteiger partial charge in [-0.2, -0.15) is 0 Å².